The molecular weight excluding hydrogens is 524 g/mol. The van der Waals surface area contributed by atoms with Gasteiger partial charge in [-0.15, -0.1) is 0 Å². The number of nitrogens with one attached hydrogen (secondary N) is 1. The number of rotatable bonds is 9. The van der Waals surface area contributed by atoms with E-state index in [0.29, 0.717) is 21.7 Å². The monoisotopic (exact) mass is 544 g/mol. The molecule has 0 saturated heterocycles. The van der Waals surface area contributed by atoms with Crippen LogP contribution >= 0.6 is 11.6 Å². The second-order valence-corrected chi connectivity index (χ2v) is 10.1. The van der Waals surface area contributed by atoms with E-state index in [4.69, 9.17) is 16.3 Å². The molecule has 0 unspecified atom stereocenters. The largest absolute Gasteiger partial charge is 0.489 e. The first-order chi connectivity index (χ1) is 16.8. The van der Waals surface area contributed by atoms with Gasteiger partial charge in [0.25, 0.3) is 0 Å². The van der Waals surface area contributed by atoms with E-state index >= 15 is 0 Å². The maximum absolute atomic E-state index is 13.1. The van der Waals surface area contributed by atoms with Gasteiger partial charge in [0.1, 0.15) is 24.7 Å². The van der Waals surface area contributed by atoms with E-state index < -0.39 is 39.9 Å². The smallest absolute Gasteiger partial charge is 0.416 e. The summed E-state index contributed by atoms with van der Waals surface area (Å²) in [5, 5.41) is 2.28. The molecule has 1 N–H and O–H groups in total. The third-order valence-electron chi connectivity index (χ3n) is 4.96. The van der Waals surface area contributed by atoms with E-state index in [0.717, 1.165) is 24.0 Å². The predicted molar refractivity (Wildman–Crippen MR) is 128 cm³/mol. The van der Waals surface area contributed by atoms with Crippen molar-refractivity contribution in [1.82, 2.24) is 5.32 Å². The lowest BCUT2D eigenvalue weighted by Gasteiger charge is -2.24. The van der Waals surface area contributed by atoms with Crippen molar-refractivity contribution in [2.75, 3.05) is 17.1 Å². The Balaban J connectivity index is 1.62. The number of halogens is 5. The number of hydrogen-bond acceptors (Lipinski definition) is 4. The van der Waals surface area contributed by atoms with Crippen LogP contribution in [-0.2, 0) is 34.1 Å². The first kappa shape index (κ1) is 27.3. The molecule has 0 spiro atoms. The summed E-state index contributed by atoms with van der Waals surface area (Å²) in [6.45, 7) is -0.500. The van der Waals surface area contributed by atoms with Gasteiger partial charge < -0.3 is 10.1 Å². The number of alkyl halides is 3. The van der Waals surface area contributed by atoms with Crippen molar-refractivity contribution in [1.29, 1.82) is 0 Å². The predicted octanol–water partition coefficient (Wildman–Crippen LogP) is 5.16. The molecule has 192 valence electrons. The van der Waals surface area contributed by atoms with Crippen LogP contribution in [0, 0.1) is 5.82 Å². The van der Waals surface area contributed by atoms with Crippen LogP contribution in [0.3, 0.4) is 0 Å². The van der Waals surface area contributed by atoms with E-state index in [1.807, 2.05) is 0 Å². The minimum absolute atomic E-state index is 0.0327. The molecule has 0 aliphatic heterocycles. The summed E-state index contributed by atoms with van der Waals surface area (Å²) < 4.78 is 82.9. The van der Waals surface area contributed by atoms with Gasteiger partial charge in [-0.1, -0.05) is 35.9 Å². The van der Waals surface area contributed by atoms with Crippen LogP contribution in [0.1, 0.15) is 16.7 Å². The third kappa shape index (κ3) is 7.59. The van der Waals surface area contributed by atoms with Crippen molar-refractivity contribution in [3.63, 3.8) is 0 Å². The zero-order valence-corrected chi connectivity index (χ0v) is 20.4. The summed E-state index contributed by atoms with van der Waals surface area (Å²) in [7, 11) is -4.13. The van der Waals surface area contributed by atoms with Crippen molar-refractivity contribution >= 4 is 33.2 Å². The molecule has 0 radical (unpaired) electrons. The molecule has 3 rings (SSSR count). The highest BCUT2D eigenvalue weighted by Crippen LogP contribution is 2.36. The number of nitrogens with zero attached hydrogens (tertiary/aromatic N) is 1. The number of amides is 1. The fourth-order valence-electron chi connectivity index (χ4n) is 3.10. The lowest BCUT2D eigenvalue weighted by molar-refractivity contribution is -0.137. The molecular formula is C24H21ClF4N2O4S. The van der Waals surface area contributed by atoms with Crippen LogP contribution in [0.2, 0.25) is 5.02 Å². The van der Waals surface area contributed by atoms with Gasteiger partial charge in [0, 0.05) is 6.54 Å². The fraction of sp³-hybridized carbons (Fsp3) is 0.208. The summed E-state index contributed by atoms with van der Waals surface area (Å²) >= 11 is 5.96. The van der Waals surface area contributed by atoms with Gasteiger partial charge in [0.2, 0.25) is 15.9 Å². The number of carbonyl (C=O) groups is 1. The standard InChI is InChI=1S/C24H21ClF4N2O4S/c1-36(33,34)31(22-12-18(24(27,28)29)6-11-21(22)25)14-23(32)30-13-16-4-9-20(10-5-16)35-15-17-2-7-19(26)8-3-17/h2-12H,13-15H2,1H3,(H,30,32). The van der Waals surface area contributed by atoms with Crippen molar-refractivity contribution in [3.8, 4) is 5.75 Å². The highest BCUT2D eigenvalue weighted by Gasteiger charge is 2.33. The summed E-state index contributed by atoms with van der Waals surface area (Å²) in [6.07, 6.45) is -3.96. The number of carbonyl (C=O) groups excluding carboxylic acids is 1. The van der Waals surface area contributed by atoms with Crippen molar-refractivity contribution in [2.24, 2.45) is 0 Å². The van der Waals surface area contributed by atoms with E-state index in [-0.39, 0.29) is 24.0 Å². The van der Waals surface area contributed by atoms with Crippen LogP contribution in [0.5, 0.6) is 5.75 Å². The minimum atomic E-state index is -4.72. The van der Waals surface area contributed by atoms with Crippen molar-refractivity contribution in [2.45, 2.75) is 19.3 Å². The average molecular weight is 545 g/mol. The van der Waals surface area contributed by atoms with Crippen molar-refractivity contribution < 1.29 is 35.5 Å². The molecule has 12 heteroatoms. The number of hydrogen-bond donors (Lipinski definition) is 1. The SMILES string of the molecule is CS(=O)(=O)N(CC(=O)NCc1ccc(OCc2ccc(F)cc2)cc1)c1cc(C(F)(F)F)ccc1Cl. The molecule has 36 heavy (non-hydrogen) atoms. The fourth-order valence-corrected chi connectivity index (χ4v) is 4.23. The van der Waals surface area contributed by atoms with Gasteiger partial charge in [-0.3, -0.25) is 9.10 Å². The molecule has 6 nitrogen and oxygen atoms in total. The van der Waals surface area contributed by atoms with Gasteiger partial charge in [-0.2, -0.15) is 13.2 Å². The normalized spacial score (nSPS) is 11.7. The molecule has 3 aromatic carbocycles. The Labute approximate surface area is 210 Å². The van der Waals surface area contributed by atoms with Crippen LogP contribution in [0.4, 0.5) is 23.2 Å². The van der Waals surface area contributed by atoms with Gasteiger partial charge in [-0.05, 0) is 53.6 Å². The lowest BCUT2D eigenvalue weighted by atomic mass is 10.2. The number of benzene rings is 3. The minimum Gasteiger partial charge on any atom is -0.489 e. The van der Waals surface area contributed by atoms with E-state index in [2.05, 4.69) is 5.32 Å². The first-order valence-electron chi connectivity index (χ1n) is 10.4. The molecule has 0 atom stereocenters. The summed E-state index contributed by atoms with van der Waals surface area (Å²) in [6, 6.07) is 14.8. The first-order valence-corrected chi connectivity index (χ1v) is 12.6. The zero-order valence-electron chi connectivity index (χ0n) is 18.9. The number of ether oxygens (including phenoxy) is 1. The molecule has 0 aromatic heterocycles. The molecule has 0 aliphatic carbocycles. The Morgan fingerprint density at radius 2 is 1.61 bits per heavy atom. The van der Waals surface area contributed by atoms with Crippen LogP contribution in [0.15, 0.2) is 66.7 Å². The van der Waals surface area contributed by atoms with Crippen LogP contribution in [0.25, 0.3) is 0 Å². The Bertz CT molecular complexity index is 1320. The maximum Gasteiger partial charge on any atom is 0.416 e. The van der Waals surface area contributed by atoms with Crippen molar-refractivity contribution in [3.05, 3.63) is 94.3 Å². The van der Waals surface area contributed by atoms with Gasteiger partial charge in [0.05, 0.1) is 22.5 Å². The molecule has 1 amide bonds. The van der Waals surface area contributed by atoms with E-state index in [9.17, 15) is 30.8 Å². The molecule has 0 heterocycles. The highest BCUT2D eigenvalue weighted by atomic mass is 35.5. The Morgan fingerprint density at radius 3 is 2.19 bits per heavy atom. The molecule has 0 fully saturated rings. The summed E-state index contributed by atoms with van der Waals surface area (Å²) in [5.41, 5.74) is -0.103. The van der Waals surface area contributed by atoms with Gasteiger partial charge in [0.15, 0.2) is 0 Å². The maximum atomic E-state index is 13.1. The van der Waals surface area contributed by atoms with E-state index in [1.165, 1.54) is 12.1 Å². The Hall–Kier alpha value is -3.31. The van der Waals surface area contributed by atoms with Crippen LogP contribution < -0.4 is 14.4 Å². The average Bonchev–Trinajstić information content (AvgIpc) is 2.80. The second kappa shape index (κ2) is 11.2. The molecule has 0 bridgehead atoms. The number of sulfonamides is 1. The molecule has 0 aliphatic rings. The lowest BCUT2D eigenvalue weighted by Crippen LogP contribution is -2.40. The summed E-state index contributed by atoms with van der Waals surface area (Å²) in [5.74, 6) is -0.551. The zero-order chi connectivity index (χ0) is 26.5. The number of anilines is 1. The van der Waals surface area contributed by atoms with Gasteiger partial charge >= 0.3 is 6.18 Å². The topological polar surface area (TPSA) is 75.7 Å². The Morgan fingerprint density at radius 1 is 1.00 bits per heavy atom. The summed E-state index contributed by atoms with van der Waals surface area (Å²) in [4.78, 5) is 12.5. The molecule has 3 aromatic rings. The van der Waals surface area contributed by atoms with Crippen LogP contribution in [-0.4, -0.2) is 27.1 Å². The second-order valence-electron chi connectivity index (χ2n) is 7.77. The Kier molecular flexibility index (Phi) is 8.47. The van der Waals surface area contributed by atoms with E-state index in [1.54, 1.807) is 36.4 Å². The quantitative estimate of drug-likeness (QED) is 0.378. The molecule has 0 saturated carbocycles. The van der Waals surface area contributed by atoms with Gasteiger partial charge in [-0.25, -0.2) is 12.8 Å². The third-order valence-corrected chi connectivity index (χ3v) is 6.41. The highest BCUT2D eigenvalue weighted by molar-refractivity contribution is 7.92.